The second kappa shape index (κ2) is 6.26. The third-order valence-electron chi connectivity index (χ3n) is 3.46. The van der Waals surface area contributed by atoms with Gasteiger partial charge in [0.15, 0.2) is 4.34 Å². The summed E-state index contributed by atoms with van der Waals surface area (Å²) in [7, 11) is 0. The van der Waals surface area contributed by atoms with Crippen LogP contribution in [-0.2, 0) is 10.5 Å². The zero-order chi connectivity index (χ0) is 16.5. The molecule has 120 valence electrons. The van der Waals surface area contributed by atoms with Crippen LogP contribution in [0.2, 0.25) is 0 Å². The Balaban J connectivity index is 1.52. The highest BCUT2D eigenvalue weighted by Crippen LogP contribution is 2.32. The van der Waals surface area contributed by atoms with Crippen LogP contribution in [0.3, 0.4) is 0 Å². The summed E-state index contributed by atoms with van der Waals surface area (Å²) in [5, 5.41) is 2.80. The summed E-state index contributed by atoms with van der Waals surface area (Å²) in [6, 6.07) is 13.8. The predicted octanol–water partition coefficient (Wildman–Crippen LogP) is 4.42. The number of rotatable bonds is 4. The van der Waals surface area contributed by atoms with Crippen LogP contribution in [0.15, 0.2) is 46.8 Å². The molecule has 0 aliphatic carbocycles. The van der Waals surface area contributed by atoms with Crippen LogP contribution >= 0.6 is 23.1 Å². The van der Waals surface area contributed by atoms with Crippen LogP contribution in [0.4, 0.5) is 5.69 Å². The number of aromatic nitrogens is 3. The van der Waals surface area contributed by atoms with E-state index in [1.165, 1.54) is 6.92 Å². The third kappa shape index (κ3) is 3.13. The van der Waals surface area contributed by atoms with Crippen molar-refractivity contribution in [1.82, 2.24) is 15.0 Å². The van der Waals surface area contributed by atoms with Crippen molar-refractivity contribution in [2.75, 3.05) is 5.32 Å². The highest BCUT2D eigenvalue weighted by atomic mass is 32.2. The fraction of sp³-hybridized carbons (Fsp3) is 0.118. The number of para-hydroxylation sites is 2. The third-order valence-corrected chi connectivity index (χ3v) is 5.63. The van der Waals surface area contributed by atoms with Gasteiger partial charge in [-0.2, -0.15) is 0 Å². The number of imidazole rings is 1. The summed E-state index contributed by atoms with van der Waals surface area (Å²) in [5.41, 5.74) is 3.78. The minimum atomic E-state index is -0.0710. The second-order valence-corrected chi connectivity index (χ2v) is 7.59. The van der Waals surface area contributed by atoms with E-state index in [0.717, 1.165) is 42.9 Å². The van der Waals surface area contributed by atoms with Crippen molar-refractivity contribution >= 4 is 55.9 Å². The first-order valence-electron chi connectivity index (χ1n) is 7.42. The van der Waals surface area contributed by atoms with Gasteiger partial charge in [0, 0.05) is 12.6 Å². The standard InChI is InChI=1S/C17H14N4OS2/c1-10(22)18-11-6-7-14-15(8-11)24-17(21-14)23-9-16-19-12-4-2-3-5-13(12)20-16/h2-8H,9H2,1H3,(H,18,22)(H,19,20). The van der Waals surface area contributed by atoms with E-state index >= 15 is 0 Å². The van der Waals surface area contributed by atoms with Gasteiger partial charge in [0.25, 0.3) is 0 Å². The lowest BCUT2D eigenvalue weighted by molar-refractivity contribution is -0.114. The Morgan fingerprint density at radius 2 is 2.08 bits per heavy atom. The highest BCUT2D eigenvalue weighted by molar-refractivity contribution is 8.00. The molecule has 4 aromatic rings. The number of hydrogen-bond acceptors (Lipinski definition) is 5. The van der Waals surface area contributed by atoms with Gasteiger partial charge < -0.3 is 10.3 Å². The van der Waals surface area contributed by atoms with Gasteiger partial charge in [0.1, 0.15) is 5.82 Å². The topological polar surface area (TPSA) is 70.7 Å². The van der Waals surface area contributed by atoms with E-state index < -0.39 is 0 Å². The van der Waals surface area contributed by atoms with Crippen LogP contribution in [-0.4, -0.2) is 20.9 Å². The summed E-state index contributed by atoms with van der Waals surface area (Å²) in [6.07, 6.45) is 0. The number of nitrogens with one attached hydrogen (secondary N) is 2. The van der Waals surface area contributed by atoms with Crippen LogP contribution < -0.4 is 5.32 Å². The van der Waals surface area contributed by atoms with Crippen LogP contribution in [0.25, 0.3) is 21.3 Å². The van der Waals surface area contributed by atoms with Crippen LogP contribution in [0.5, 0.6) is 0 Å². The number of anilines is 1. The van der Waals surface area contributed by atoms with E-state index in [2.05, 4.69) is 20.3 Å². The van der Waals surface area contributed by atoms with Crippen molar-refractivity contribution in [3.63, 3.8) is 0 Å². The lowest BCUT2D eigenvalue weighted by atomic mass is 10.3. The molecular formula is C17H14N4OS2. The molecule has 7 heteroatoms. The zero-order valence-corrected chi connectivity index (χ0v) is 14.5. The van der Waals surface area contributed by atoms with E-state index in [1.807, 2.05) is 42.5 Å². The molecule has 2 heterocycles. The van der Waals surface area contributed by atoms with E-state index in [9.17, 15) is 4.79 Å². The van der Waals surface area contributed by atoms with Gasteiger partial charge >= 0.3 is 0 Å². The molecule has 5 nitrogen and oxygen atoms in total. The van der Waals surface area contributed by atoms with Crippen molar-refractivity contribution < 1.29 is 4.79 Å². The fourth-order valence-electron chi connectivity index (χ4n) is 2.45. The molecule has 24 heavy (non-hydrogen) atoms. The molecule has 0 saturated heterocycles. The SMILES string of the molecule is CC(=O)Nc1ccc2nc(SCc3nc4ccccc4[nH]3)sc2c1. The molecule has 0 radical (unpaired) electrons. The maximum absolute atomic E-state index is 11.1. The smallest absolute Gasteiger partial charge is 0.221 e. The number of nitrogens with zero attached hydrogens (tertiary/aromatic N) is 2. The molecule has 0 unspecified atom stereocenters. The van der Waals surface area contributed by atoms with Gasteiger partial charge in [0.2, 0.25) is 5.91 Å². The molecule has 0 aliphatic heterocycles. The first-order valence-corrected chi connectivity index (χ1v) is 9.22. The van der Waals surface area contributed by atoms with Crippen molar-refractivity contribution in [3.05, 3.63) is 48.3 Å². The largest absolute Gasteiger partial charge is 0.341 e. The number of carbonyl (C=O) groups excluding carboxylic acids is 1. The summed E-state index contributed by atoms with van der Waals surface area (Å²) < 4.78 is 2.05. The van der Waals surface area contributed by atoms with Crippen molar-refractivity contribution in [2.45, 2.75) is 17.0 Å². The van der Waals surface area contributed by atoms with Gasteiger partial charge in [-0.25, -0.2) is 9.97 Å². The summed E-state index contributed by atoms with van der Waals surface area (Å²) >= 11 is 3.28. The Labute approximate surface area is 146 Å². The molecule has 2 aromatic carbocycles. The minimum absolute atomic E-state index is 0.0710. The summed E-state index contributed by atoms with van der Waals surface area (Å²) in [6.45, 7) is 1.51. The predicted molar refractivity (Wildman–Crippen MR) is 99.6 cm³/mol. The Hall–Kier alpha value is -2.38. The number of benzene rings is 2. The van der Waals surface area contributed by atoms with Crippen molar-refractivity contribution in [3.8, 4) is 0 Å². The first kappa shape index (κ1) is 15.2. The normalized spacial score (nSPS) is 11.2. The molecule has 0 fully saturated rings. The van der Waals surface area contributed by atoms with E-state index in [4.69, 9.17) is 0 Å². The van der Waals surface area contributed by atoms with E-state index in [0.29, 0.717) is 0 Å². The molecule has 0 bridgehead atoms. The number of hydrogen-bond donors (Lipinski definition) is 2. The molecule has 1 amide bonds. The van der Waals surface area contributed by atoms with Gasteiger partial charge in [-0.05, 0) is 30.3 Å². The molecule has 0 atom stereocenters. The fourth-order valence-corrected chi connectivity index (χ4v) is 4.43. The van der Waals surface area contributed by atoms with Gasteiger partial charge in [-0.15, -0.1) is 11.3 Å². The average molecular weight is 354 g/mol. The Kier molecular flexibility index (Phi) is 3.95. The number of carbonyl (C=O) groups is 1. The van der Waals surface area contributed by atoms with E-state index in [-0.39, 0.29) is 5.91 Å². The molecule has 0 aliphatic rings. The zero-order valence-electron chi connectivity index (χ0n) is 12.9. The molecule has 0 saturated carbocycles. The van der Waals surface area contributed by atoms with Crippen LogP contribution in [0.1, 0.15) is 12.7 Å². The average Bonchev–Trinajstić information content (AvgIpc) is 3.14. The first-order chi connectivity index (χ1) is 11.7. The monoisotopic (exact) mass is 354 g/mol. The number of aromatic amines is 1. The molecule has 0 spiro atoms. The lowest BCUT2D eigenvalue weighted by Gasteiger charge is -1.99. The summed E-state index contributed by atoms with van der Waals surface area (Å²) in [4.78, 5) is 23.7. The quantitative estimate of drug-likeness (QED) is 0.532. The maximum atomic E-state index is 11.1. The molecular weight excluding hydrogens is 340 g/mol. The number of amides is 1. The number of H-pyrrole nitrogens is 1. The van der Waals surface area contributed by atoms with Crippen molar-refractivity contribution in [1.29, 1.82) is 0 Å². The second-order valence-electron chi connectivity index (χ2n) is 5.33. The Bertz CT molecular complexity index is 1000. The van der Waals surface area contributed by atoms with E-state index in [1.54, 1.807) is 23.1 Å². The lowest BCUT2D eigenvalue weighted by Crippen LogP contribution is -2.05. The number of thioether (sulfide) groups is 1. The maximum Gasteiger partial charge on any atom is 0.221 e. The van der Waals surface area contributed by atoms with Crippen molar-refractivity contribution in [2.24, 2.45) is 0 Å². The molecule has 4 rings (SSSR count). The number of thiazole rings is 1. The molecule has 2 aromatic heterocycles. The minimum Gasteiger partial charge on any atom is -0.341 e. The van der Waals surface area contributed by atoms with Crippen LogP contribution in [0, 0.1) is 0 Å². The van der Waals surface area contributed by atoms with Gasteiger partial charge in [0.05, 0.1) is 27.0 Å². The summed E-state index contributed by atoms with van der Waals surface area (Å²) in [5.74, 6) is 1.62. The highest BCUT2D eigenvalue weighted by Gasteiger charge is 2.08. The Morgan fingerprint density at radius 1 is 1.21 bits per heavy atom. The Morgan fingerprint density at radius 3 is 2.92 bits per heavy atom. The van der Waals surface area contributed by atoms with Gasteiger partial charge in [-0.3, -0.25) is 4.79 Å². The molecule has 2 N–H and O–H groups in total. The number of fused-ring (bicyclic) bond motifs is 2. The van der Waals surface area contributed by atoms with Gasteiger partial charge in [-0.1, -0.05) is 23.9 Å².